The molecule has 2 aromatic rings. The van der Waals surface area contributed by atoms with Crippen LogP contribution < -0.4 is 9.46 Å². The fourth-order valence-corrected chi connectivity index (χ4v) is 5.07. The minimum Gasteiger partial charge on any atom is -0.484 e. The third kappa shape index (κ3) is 9.88. The van der Waals surface area contributed by atoms with Gasteiger partial charge in [0.1, 0.15) is 11.6 Å². The summed E-state index contributed by atoms with van der Waals surface area (Å²) in [7, 11) is -3.46. The second-order valence-corrected chi connectivity index (χ2v) is 12.4. The van der Waals surface area contributed by atoms with Gasteiger partial charge in [0.05, 0.1) is 5.75 Å². The maximum Gasteiger partial charge on any atom is 0.422 e. The zero-order valence-corrected chi connectivity index (χ0v) is 24.5. The molecule has 1 aliphatic carbocycles. The van der Waals surface area contributed by atoms with E-state index in [4.69, 9.17) is 4.74 Å². The van der Waals surface area contributed by atoms with E-state index in [1.165, 1.54) is 12.8 Å². The molecule has 1 atom stereocenters. The van der Waals surface area contributed by atoms with Gasteiger partial charge in [-0.1, -0.05) is 45.0 Å². The van der Waals surface area contributed by atoms with Crippen LogP contribution in [0.2, 0.25) is 0 Å². The molecule has 3 rings (SSSR count). The van der Waals surface area contributed by atoms with Crippen LogP contribution in [-0.2, 0) is 10.0 Å². The summed E-state index contributed by atoms with van der Waals surface area (Å²) in [6.45, 7) is 6.30. The van der Waals surface area contributed by atoms with Crippen LogP contribution in [0.4, 0.5) is 19.0 Å². The Morgan fingerprint density at radius 1 is 1.18 bits per heavy atom. The van der Waals surface area contributed by atoms with Crippen LogP contribution in [-0.4, -0.2) is 31.9 Å². The smallest absolute Gasteiger partial charge is 0.422 e. The molecular weight excluding hydrogens is 537 g/mol. The molecule has 0 bridgehead atoms. The molecule has 0 saturated heterocycles. The van der Waals surface area contributed by atoms with Gasteiger partial charge in [0, 0.05) is 18.2 Å². The summed E-state index contributed by atoms with van der Waals surface area (Å²) in [6.07, 6.45) is 4.25. The Morgan fingerprint density at radius 3 is 2.48 bits per heavy atom. The number of hydrogen-bond donors (Lipinski definition) is 1. The lowest BCUT2D eigenvalue weighted by Crippen LogP contribution is -2.19. The number of ether oxygens (including phenoxy) is 1. The Hall–Kier alpha value is -2.99. The lowest BCUT2D eigenvalue weighted by atomic mass is 9.84. The number of unbranched alkanes of at least 4 members (excludes halogenated alkanes) is 1. The van der Waals surface area contributed by atoms with Gasteiger partial charge in [-0.2, -0.15) is 13.2 Å². The SMILES string of the molecule is CCCC#CC(=C(CC(CC)CC1CC1)c1ccc(NS(=O)(=O)CC)nc1)c1ccc(OCC(F)(F)F)cc1C. The average Bonchev–Trinajstić information content (AvgIpc) is 3.73. The Balaban J connectivity index is 2.11. The molecule has 218 valence electrons. The molecule has 1 aromatic carbocycles. The lowest BCUT2D eigenvalue weighted by molar-refractivity contribution is -0.153. The standard InChI is InChI=1S/C31H39F3N2O3S/c1-5-8-9-10-28(27-15-14-26(17-22(27)4)39-21-31(32,33)34)29(19-23(6-2)18-24-11-12-24)25-13-16-30(35-20-25)36-40(37,38)7-3/h13-17,20,23-24H,5-8,11-12,18-19,21H2,1-4H3,(H,35,36). The molecule has 1 heterocycles. The van der Waals surface area contributed by atoms with E-state index in [-0.39, 0.29) is 17.3 Å². The quantitative estimate of drug-likeness (QED) is 0.245. The van der Waals surface area contributed by atoms with Crippen LogP contribution in [0.25, 0.3) is 11.1 Å². The number of nitrogens with one attached hydrogen (secondary N) is 1. The maximum atomic E-state index is 12.7. The fourth-order valence-electron chi connectivity index (χ4n) is 4.49. The molecule has 0 radical (unpaired) electrons. The lowest BCUT2D eigenvalue weighted by Gasteiger charge is -2.21. The van der Waals surface area contributed by atoms with Gasteiger partial charge in [-0.05, 0) is 97.5 Å². The van der Waals surface area contributed by atoms with Gasteiger partial charge in [0.15, 0.2) is 6.61 Å². The zero-order valence-electron chi connectivity index (χ0n) is 23.7. The van der Waals surface area contributed by atoms with Gasteiger partial charge in [-0.3, -0.25) is 4.72 Å². The number of anilines is 1. The number of pyridine rings is 1. The van der Waals surface area contributed by atoms with Crippen molar-refractivity contribution in [1.29, 1.82) is 0 Å². The Kier molecular flexibility index (Phi) is 11.1. The first kappa shape index (κ1) is 31.5. The Labute approximate surface area is 236 Å². The summed E-state index contributed by atoms with van der Waals surface area (Å²) >= 11 is 0. The normalized spacial score (nSPS) is 15.1. The minimum absolute atomic E-state index is 0.0555. The predicted octanol–water partition coefficient (Wildman–Crippen LogP) is 8.02. The molecule has 1 aromatic heterocycles. The van der Waals surface area contributed by atoms with Crippen molar-refractivity contribution in [2.45, 2.75) is 78.8 Å². The first-order valence-electron chi connectivity index (χ1n) is 13.9. The average molecular weight is 577 g/mol. The van der Waals surface area contributed by atoms with Crippen molar-refractivity contribution < 1.29 is 26.3 Å². The molecule has 9 heteroatoms. The van der Waals surface area contributed by atoms with Gasteiger partial charge < -0.3 is 4.74 Å². The predicted molar refractivity (Wildman–Crippen MR) is 155 cm³/mol. The van der Waals surface area contributed by atoms with Crippen LogP contribution in [0.1, 0.15) is 82.4 Å². The summed E-state index contributed by atoms with van der Waals surface area (Å²) in [6, 6.07) is 8.45. The van der Waals surface area contributed by atoms with Crippen molar-refractivity contribution in [3.63, 3.8) is 0 Å². The summed E-state index contributed by atoms with van der Waals surface area (Å²) in [5.74, 6) is 8.16. The molecule has 1 unspecified atom stereocenters. The molecule has 0 amide bonds. The van der Waals surface area contributed by atoms with Crippen LogP contribution in [0.15, 0.2) is 36.5 Å². The number of rotatable bonds is 13. The molecule has 1 saturated carbocycles. The maximum absolute atomic E-state index is 12.7. The third-order valence-corrected chi connectivity index (χ3v) is 8.23. The van der Waals surface area contributed by atoms with E-state index in [1.807, 2.05) is 13.0 Å². The fraction of sp³-hybridized carbons (Fsp3) is 0.516. The molecule has 0 aliphatic heterocycles. The highest BCUT2D eigenvalue weighted by atomic mass is 32.2. The van der Waals surface area contributed by atoms with Gasteiger partial charge in [-0.15, -0.1) is 0 Å². The van der Waals surface area contributed by atoms with Gasteiger partial charge in [0.25, 0.3) is 0 Å². The summed E-state index contributed by atoms with van der Waals surface area (Å²) < 4.78 is 69.7. The van der Waals surface area contributed by atoms with E-state index >= 15 is 0 Å². The van der Waals surface area contributed by atoms with Crippen molar-refractivity contribution in [3.05, 3.63) is 53.2 Å². The van der Waals surface area contributed by atoms with Crippen molar-refractivity contribution in [3.8, 4) is 17.6 Å². The number of aromatic nitrogens is 1. The van der Waals surface area contributed by atoms with E-state index in [0.717, 1.165) is 59.4 Å². The molecular formula is C31H39F3N2O3S. The summed E-state index contributed by atoms with van der Waals surface area (Å²) in [4.78, 5) is 4.40. The number of halogens is 3. The highest BCUT2D eigenvalue weighted by Gasteiger charge is 2.29. The summed E-state index contributed by atoms with van der Waals surface area (Å²) in [5.41, 5.74) is 4.24. The van der Waals surface area contributed by atoms with Crippen molar-refractivity contribution >= 4 is 27.0 Å². The number of alkyl halides is 3. The molecule has 0 spiro atoms. The molecule has 1 fully saturated rings. The number of sulfonamides is 1. The Bertz CT molecular complexity index is 1340. The Morgan fingerprint density at radius 2 is 1.93 bits per heavy atom. The number of aryl methyl sites for hydroxylation is 1. The van der Waals surface area contributed by atoms with Gasteiger partial charge >= 0.3 is 6.18 Å². The third-order valence-electron chi connectivity index (χ3n) is 6.95. The van der Waals surface area contributed by atoms with Crippen molar-refractivity contribution in [2.24, 2.45) is 11.8 Å². The highest BCUT2D eigenvalue weighted by Crippen LogP contribution is 2.41. The van der Waals surface area contributed by atoms with E-state index in [1.54, 1.807) is 37.4 Å². The highest BCUT2D eigenvalue weighted by molar-refractivity contribution is 7.92. The minimum atomic E-state index is -4.42. The van der Waals surface area contributed by atoms with Gasteiger partial charge in [-0.25, -0.2) is 13.4 Å². The second kappa shape index (κ2) is 14.1. The first-order chi connectivity index (χ1) is 18.9. The number of nitrogens with zero attached hydrogens (tertiary/aromatic N) is 1. The van der Waals surface area contributed by atoms with E-state index in [0.29, 0.717) is 12.3 Å². The number of benzene rings is 1. The number of allylic oxidation sites excluding steroid dienone is 2. The molecule has 1 N–H and O–H groups in total. The molecule has 1 aliphatic rings. The monoisotopic (exact) mass is 576 g/mol. The van der Waals surface area contributed by atoms with Crippen LogP contribution in [0.3, 0.4) is 0 Å². The summed E-state index contributed by atoms with van der Waals surface area (Å²) in [5, 5.41) is 0. The number of hydrogen-bond acceptors (Lipinski definition) is 4. The van der Waals surface area contributed by atoms with Crippen LogP contribution in [0.5, 0.6) is 5.75 Å². The van der Waals surface area contributed by atoms with E-state index < -0.39 is 22.8 Å². The van der Waals surface area contributed by atoms with Crippen LogP contribution >= 0.6 is 0 Å². The largest absolute Gasteiger partial charge is 0.484 e. The first-order valence-corrected chi connectivity index (χ1v) is 15.6. The van der Waals surface area contributed by atoms with E-state index in [9.17, 15) is 21.6 Å². The zero-order chi connectivity index (χ0) is 29.3. The van der Waals surface area contributed by atoms with Crippen molar-refractivity contribution in [2.75, 3.05) is 17.1 Å². The molecule has 40 heavy (non-hydrogen) atoms. The van der Waals surface area contributed by atoms with Crippen molar-refractivity contribution in [1.82, 2.24) is 4.98 Å². The van der Waals surface area contributed by atoms with Crippen LogP contribution in [0, 0.1) is 30.6 Å². The van der Waals surface area contributed by atoms with Gasteiger partial charge in [0.2, 0.25) is 10.0 Å². The van der Waals surface area contributed by atoms with E-state index in [2.05, 4.69) is 35.4 Å². The second-order valence-electron chi connectivity index (χ2n) is 10.4. The molecule has 5 nitrogen and oxygen atoms in total. The topological polar surface area (TPSA) is 68.3 Å².